The first-order valence-electron chi connectivity index (χ1n) is 10.9. The van der Waals surface area contributed by atoms with Crippen LogP contribution in [0.5, 0.6) is 11.5 Å². The molecule has 1 fully saturated rings. The first-order chi connectivity index (χ1) is 16.0. The lowest BCUT2D eigenvalue weighted by Crippen LogP contribution is -2.43. The van der Waals surface area contributed by atoms with Crippen LogP contribution in [-0.4, -0.2) is 55.6 Å². The molecule has 2 amide bonds. The van der Waals surface area contributed by atoms with Gasteiger partial charge < -0.3 is 24.4 Å². The molecule has 1 unspecified atom stereocenters. The Bertz CT molecular complexity index is 1030. The molecule has 0 spiro atoms. The summed E-state index contributed by atoms with van der Waals surface area (Å²) in [6.45, 7) is 1.37. The van der Waals surface area contributed by atoms with Gasteiger partial charge in [0.2, 0.25) is 0 Å². The van der Waals surface area contributed by atoms with Crippen molar-refractivity contribution >= 4 is 23.5 Å². The normalized spacial score (nSPS) is 17.6. The minimum Gasteiger partial charge on any atom is -0.490 e. The summed E-state index contributed by atoms with van der Waals surface area (Å²) < 4.78 is 29.5. The van der Waals surface area contributed by atoms with E-state index >= 15 is 0 Å². The zero-order valence-electron chi connectivity index (χ0n) is 18.1. The number of hydrogen-bond acceptors (Lipinski definition) is 6. The highest BCUT2D eigenvalue weighted by molar-refractivity contribution is 5.95. The van der Waals surface area contributed by atoms with Crippen LogP contribution in [0.2, 0.25) is 0 Å². The topological polar surface area (TPSA) is 94.2 Å². The monoisotopic (exact) mass is 456 g/mol. The third-order valence-electron chi connectivity index (χ3n) is 5.51. The fourth-order valence-electron chi connectivity index (χ4n) is 3.82. The molecule has 0 saturated carbocycles. The summed E-state index contributed by atoms with van der Waals surface area (Å²) in [6, 6.07) is 10.4. The molecule has 4 rings (SSSR count). The number of piperidine rings is 1. The highest BCUT2D eigenvalue weighted by atomic mass is 19.1. The van der Waals surface area contributed by atoms with Crippen LogP contribution in [0, 0.1) is 11.7 Å². The van der Waals surface area contributed by atoms with Gasteiger partial charge in [-0.15, -0.1) is 0 Å². The predicted octanol–water partition coefficient (Wildman–Crippen LogP) is 3.02. The van der Waals surface area contributed by atoms with Crippen LogP contribution in [0.15, 0.2) is 42.5 Å². The second kappa shape index (κ2) is 10.3. The number of ether oxygens (including phenoxy) is 3. The van der Waals surface area contributed by atoms with E-state index in [1.807, 2.05) is 0 Å². The number of carbonyl (C=O) groups excluding carboxylic acids is 3. The van der Waals surface area contributed by atoms with E-state index in [4.69, 9.17) is 14.2 Å². The van der Waals surface area contributed by atoms with E-state index in [-0.39, 0.29) is 12.5 Å². The van der Waals surface area contributed by atoms with E-state index in [0.717, 1.165) is 6.42 Å². The molecule has 2 aliphatic rings. The molecule has 0 radical (unpaired) electrons. The van der Waals surface area contributed by atoms with Gasteiger partial charge >= 0.3 is 5.97 Å². The molecule has 2 aromatic rings. The van der Waals surface area contributed by atoms with Crippen molar-refractivity contribution in [2.24, 2.45) is 5.92 Å². The van der Waals surface area contributed by atoms with Crippen LogP contribution in [0.4, 0.5) is 10.1 Å². The summed E-state index contributed by atoms with van der Waals surface area (Å²) in [6.07, 6.45) is 1.98. The molecule has 2 aliphatic heterocycles. The van der Waals surface area contributed by atoms with Crippen molar-refractivity contribution in [3.05, 3.63) is 53.8 Å². The number of likely N-dealkylation sites (tertiary alicyclic amines) is 1. The van der Waals surface area contributed by atoms with E-state index in [1.165, 1.54) is 24.3 Å². The second-order valence-corrected chi connectivity index (χ2v) is 7.97. The molecule has 1 N–H and O–H groups in total. The zero-order valence-corrected chi connectivity index (χ0v) is 18.1. The Morgan fingerprint density at radius 1 is 1.03 bits per heavy atom. The van der Waals surface area contributed by atoms with Gasteiger partial charge in [0, 0.05) is 36.8 Å². The lowest BCUT2D eigenvalue weighted by molar-refractivity contribution is -0.152. The largest absolute Gasteiger partial charge is 0.490 e. The Morgan fingerprint density at radius 2 is 1.79 bits per heavy atom. The molecule has 174 valence electrons. The second-order valence-electron chi connectivity index (χ2n) is 7.97. The highest BCUT2D eigenvalue weighted by Gasteiger charge is 2.30. The number of halogens is 1. The quantitative estimate of drug-likeness (QED) is 0.696. The van der Waals surface area contributed by atoms with Gasteiger partial charge in [-0.05, 0) is 49.2 Å². The number of nitrogens with zero attached hydrogens (tertiary/aromatic N) is 1. The summed E-state index contributed by atoms with van der Waals surface area (Å²) in [5.74, 6) is -1.04. The number of carbonyl (C=O) groups is 3. The molecule has 8 nitrogen and oxygen atoms in total. The van der Waals surface area contributed by atoms with Crippen molar-refractivity contribution in [3.8, 4) is 11.5 Å². The average molecular weight is 456 g/mol. The lowest BCUT2D eigenvalue weighted by atomic mass is 9.97. The first kappa shape index (κ1) is 22.6. The minimum absolute atomic E-state index is 0.193. The number of esters is 1. The van der Waals surface area contributed by atoms with Crippen LogP contribution in [0.3, 0.4) is 0 Å². The van der Waals surface area contributed by atoms with Crippen molar-refractivity contribution in [1.29, 1.82) is 0 Å². The van der Waals surface area contributed by atoms with E-state index in [9.17, 15) is 18.8 Å². The van der Waals surface area contributed by atoms with E-state index in [2.05, 4.69) is 5.32 Å². The molecule has 2 heterocycles. The van der Waals surface area contributed by atoms with Crippen LogP contribution in [-0.2, 0) is 14.3 Å². The molecule has 1 saturated heterocycles. The maximum atomic E-state index is 13.1. The van der Waals surface area contributed by atoms with E-state index in [0.29, 0.717) is 55.4 Å². The summed E-state index contributed by atoms with van der Waals surface area (Å²) in [7, 11) is 0. The van der Waals surface area contributed by atoms with Gasteiger partial charge in [0.25, 0.3) is 11.8 Å². The lowest BCUT2D eigenvalue weighted by Gasteiger charge is -2.31. The number of benzene rings is 2. The van der Waals surface area contributed by atoms with Crippen molar-refractivity contribution in [2.75, 3.05) is 38.2 Å². The number of anilines is 1. The van der Waals surface area contributed by atoms with Crippen LogP contribution >= 0.6 is 0 Å². The maximum absolute atomic E-state index is 13.1. The Hall–Kier alpha value is -3.62. The molecule has 33 heavy (non-hydrogen) atoms. The summed E-state index contributed by atoms with van der Waals surface area (Å²) >= 11 is 0. The van der Waals surface area contributed by atoms with Crippen molar-refractivity contribution < 1.29 is 33.0 Å². The van der Waals surface area contributed by atoms with E-state index in [1.54, 1.807) is 23.1 Å². The number of hydrogen-bond donors (Lipinski definition) is 1. The van der Waals surface area contributed by atoms with Crippen molar-refractivity contribution in [2.45, 2.75) is 19.3 Å². The third kappa shape index (κ3) is 5.79. The Morgan fingerprint density at radius 3 is 2.58 bits per heavy atom. The van der Waals surface area contributed by atoms with Gasteiger partial charge in [0.15, 0.2) is 18.1 Å². The minimum atomic E-state index is -0.527. The summed E-state index contributed by atoms with van der Waals surface area (Å²) in [5.41, 5.74) is 0.869. The number of amides is 2. The SMILES string of the molecule is O=C(COC(=O)C1CCCN(C(=O)c2ccc(F)cc2)C1)Nc1ccc2c(c1)OCCCO2. The summed E-state index contributed by atoms with van der Waals surface area (Å²) in [5, 5.41) is 2.68. The number of fused-ring (bicyclic) bond motifs is 1. The van der Waals surface area contributed by atoms with Crippen LogP contribution in [0.25, 0.3) is 0 Å². The molecule has 2 aromatic carbocycles. The molecule has 0 bridgehead atoms. The molecule has 0 aromatic heterocycles. The van der Waals surface area contributed by atoms with E-state index < -0.39 is 30.2 Å². The van der Waals surface area contributed by atoms with Gasteiger partial charge in [0.05, 0.1) is 19.1 Å². The Kier molecular flexibility index (Phi) is 7.07. The van der Waals surface area contributed by atoms with Crippen LogP contribution < -0.4 is 14.8 Å². The van der Waals surface area contributed by atoms with Gasteiger partial charge in [0.1, 0.15) is 5.82 Å². The van der Waals surface area contributed by atoms with Gasteiger partial charge in [-0.3, -0.25) is 14.4 Å². The average Bonchev–Trinajstić information content (AvgIpc) is 3.08. The molecule has 1 atom stereocenters. The fraction of sp³-hybridized carbons (Fsp3) is 0.375. The fourth-order valence-corrected chi connectivity index (χ4v) is 3.82. The van der Waals surface area contributed by atoms with Crippen molar-refractivity contribution in [1.82, 2.24) is 4.90 Å². The standard InChI is InChI=1S/C24H25FN2O6/c25-18-6-4-16(5-7-18)23(29)27-10-1-3-17(14-27)24(30)33-15-22(28)26-19-8-9-20-21(13-19)32-12-2-11-31-20/h4-9,13,17H,1-3,10-12,14-15H2,(H,26,28). The highest BCUT2D eigenvalue weighted by Crippen LogP contribution is 2.32. The van der Waals surface area contributed by atoms with Gasteiger partial charge in [-0.25, -0.2) is 4.39 Å². The third-order valence-corrected chi connectivity index (χ3v) is 5.51. The Labute approximate surface area is 190 Å². The molecule has 0 aliphatic carbocycles. The number of rotatable bonds is 5. The van der Waals surface area contributed by atoms with Crippen LogP contribution in [0.1, 0.15) is 29.6 Å². The smallest absolute Gasteiger partial charge is 0.311 e. The predicted molar refractivity (Wildman–Crippen MR) is 117 cm³/mol. The number of nitrogens with one attached hydrogen (secondary N) is 1. The first-order valence-corrected chi connectivity index (χ1v) is 10.9. The molecular formula is C24H25FN2O6. The zero-order chi connectivity index (χ0) is 23.2. The molecular weight excluding hydrogens is 431 g/mol. The summed E-state index contributed by atoms with van der Waals surface area (Å²) in [4.78, 5) is 39.0. The maximum Gasteiger partial charge on any atom is 0.311 e. The van der Waals surface area contributed by atoms with Crippen molar-refractivity contribution in [3.63, 3.8) is 0 Å². The van der Waals surface area contributed by atoms with Gasteiger partial charge in [-0.2, -0.15) is 0 Å². The molecule has 9 heteroatoms. The van der Waals surface area contributed by atoms with Gasteiger partial charge in [-0.1, -0.05) is 0 Å². The Balaban J connectivity index is 1.27.